The van der Waals surface area contributed by atoms with Crippen molar-refractivity contribution in [1.82, 2.24) is 15.2 Å². The highest BCUT2D eigenvalue weighted by Gasteiger charge is 2.39. The maximum Gasteiger partial charge on any atom is 0.226 e. The zero-order chi connectivity index (χ0) is 17.8. The SMILES string of the molecule is C[C@H](NC(=O)[C@@H]1CCC(=O)N(C)[C@H]1c1ccccc1)c1ccncc1. The van der Waals surface area contributed by atoms with Gasteiger partial charge in [0.15, 0.2) is 0 Å². The molecule has 5 heteroatoms. The summed E-state index contributed by atoms with van der Waals surface area (Å²) in [6.07, 6.45) is 4.41. The van der Waals surface area contributed by atoms with Crippen molar-refractivity contribution in [1.29, 1.82) is 0 Å². The molecule has 5 nitrogen and oxygen atoms in total. The van der Waals surface area contributed by atoms with Crippen LogP contribution in [0.25, 0.3) is 0 Å². The van der Waals surface area contributed by atoms with E-state index in [0.29, 0.717) is 12.8 Å². The number of nitrogens with zero attached hydrogens (tertiary/aromatic N) is 2. The first-order valence-corrected chi connectivity index (χ1v) is 8.59. The molecule has 1 fully saturated rings. The molecule has 1 aliphatic rings. The van der Waals surface area contributed by atoms with Crippen molar-refractivity contribution in [2.45, 2.75) is 31.8 Å². The summed E-state index contributed by atoms with van der Waals surface area (Å²) >= 11 is 0. The molecule has 25 heavy (non-hydrogen) atoms. The highest BCUT2D eigenvalue weighted by molar-refractivity contribution is 5.85. The van der Waals surface area contributed by atoms with E-state index in [0.717, 1.165) is 11.1 Å². The van der Waals surface area contributed by atoms with Crippen molar-refractivity contribution in [3.8, 4) is 0 Å². The van der Waals surface area contributed by atoms with Crippen molar-refractivity contribution >= 4 is 11.8 Å². The summed E-state index contributed by atoms with van der Waals surface area (Å²) in [6, 6.07) is 13.2. The van der Waals surface area contributed by atoms with E-state index in [4.69, 9.17) is 0 Å². The van der Waals surface area contributed by atoms with Gasteiger partial charge in [-0.3, -0.25) is 14.6 Å². The third kappa shape index (κ3) is 3.71. The Bertz CT molecular complexity index is 733. The van der Waals surface area contributed by atoms with Gasteiger partial charge in [0.25, 0.3) is 0 Å². The van der Waals surface area contributed by atoms with E-state index in [1.54, 1.807) is 24.3 Å². The van der Waals surface area contributed by atoms with Crippen LogP contribution in [0.5, 0.6) is 0 Å². The van der Waals surface area contributed by atoms with Crippen LogP contribution in [0.15, 0.2) is 54.9 Å². The number of pyridine rings is 1. The van der Waals surface area contributed by atoms with Crippen LogP contribution < -0.4 is 5.32 Å². The lowest BCUT2D eigenvalue weighted by Crippen LogP contribution is -2.46. The van der Waals surface area contributed by atoms with Gasteiger partial charge in [-0.05, 0) is 36.6 Å². The second-order valence-corrected chi connectivity index (χ2v) is 6.52. The molecule has 0 unspecified atom stereocenters. The number of aromatic nitrogens is 1. The molecule has 0 spiro atoms. The highest BCUT2D eigenvalue weighted by atomic mass is 16.2. The molecule has 2 amide bonds. The molecule has 130 valence electrons. The van der Waals surface area contributed by atoms with Crippen LogP contribution in [0, 0.1) is 5.92 Å². The number of nitrogens with one attached hydrogen (secondary N) is 1. The Morgan fingerprint density at radius 1 is 1.20 bits per heavy atom. The number of amides is 2. The van der Waals surface area contributed by atoms with Gasteiger partial charge in [0.2, 0.25) is 11.8 Å². The van der Waals surface area contributed by atoms with Crippen molar-refractivity contribution in [3.05, 3.63) is 66.0 Å². The zero-order valence-electron chi connectivity index (χ0n) is 14.6. The molecular weight excluding hydrogens is 314 g/mol. The second kappa shape index (κ2) is 7.47. The number of benzene rings is 1. The van der Waals surface area contributed by atoms with Crippen LogP contribution in [0.4, 0.5) is 0 Å². The van der Waals surface area contributed by atoms with E-state index in [9.17, 15) is 9.59 Å². The number of carbonyl (C=O) groups is 2. The predicted octanol–water partition coefficient (Wildman–Crippen LogP) is 2.87. The Balaban J connectivity index is 1.80. The summed E-state index contributed by atoms with van der Waals surface area (Å²) in [7, 11) is 1.78. The Labute approximate surface area is 148 Å². The molecule has 0 aliphatic carbocycles. The van der Waals surface area contributed by atoms with Gasteiger partial charge in [0, 0.05) is 25.9 Å². The summed E-state index contributed by atoms with van der Waals surface area (Å²) in [6.45, 7) is 1.96. The van der Waals surface area contributed by atoms with E-state index in [1.165, 1.54) is 0 Å². The summed E-state index contributed by atoms with van der Waals surface area (Å²) in [4.78, 5) is 30.8. The van der Waals surface area contributed by atoms with Gasteiger partial charge in [-0.1, -0.05) is 30.3 Å². The van der Waals surface area contributed by atoms with Gasteiger partial charge in [-0.15, -0.1) is 0 Å². The monoisotopic (exact) mass is 337 g/mol. The summed E-state index contributed by atoms with van der Waals surface area (Å²) < 4.78 is 0. The molecular formula is C20H23N3O2. The van der Waals surface area contributed by atoms with Crippen LogP contribution in [0.1, 0.15) is 43.0 Å². The normalized spacial score (nSPS) is 21.7. The van der Waals surface area contributed by atoms with Crippen LogP contribution in [-0.4, -0.2) is 28.7 Å². The second-order valence-electron chi connectivity index (χ2n) is 6.52. The molecule has 0 saturated carbocycles. The molecule has 2 aromatic rings. The molecule has 1 aliphatic heterocycles. The molecule has 0 radical (unpaired) electrons. The van der Waals surface area contributed by atoms with Crippen LogP contribution in [0.3, 0.4) is 0 Å². The van der Waals surface area contributed by atoms with Gasteiger partial charge in [0.05, 0.1) is 18.0 Å². The van der Waals surface area contributed by atoms with Gasteiger partial charge >= 0.3 is 0 Å². The van der Waals surface area contributed by atoms with E-state index in [1.807, 2.05) is 49.4 Å². The largest absolute Gasteiger partial charge is 0.349 e. The van der Waals surface area contributed by atoms with Crippen molar-refractivity contribution in [3.63, 3.8) is 0 Å². The molecule has 0 bridgehead atoms. The molecule has 3 rings (SSSR count). The number of carbonyl (C=O) groups excluding carboxylic acids is 2. The summed E-state index contributed by atoms with van der Waals surface area (Å²) in [5.74, 6) is -0.188. The Kier molecular flexibility index (Phi) is 5.12. The average Bonchev–Trinajstić information content (AvgIpc) is 2.65. The number of hydrogen-bond donors (Lipinski definition) is 1. The summed E-state index contributed by atoms with van der Waals surface area (Å²) in [5.41, 5.74) is 2.01. The van der Waals surface area contributed by atoms with Crippen molar-refractivity contribution in [2.24, 2.45) is 5.92 Å². The van der Waals surface area contributed by atoms with Crippen molar-refractivity contribution < 1.29 is 9.59 Å². The lowest BCUT2D eigenvalue weighted by molar-refractivity contribution is -0.141. The maximum atomic E-state index is 13.0. The molecule has 1 aromatic heterocycles. The minimum Gasteiger partial charge on any atom is -0.349 e. The van der Waals surface area contributed by atoms with E-state index < -0.39 is 0 Å². The smallest absolute Gasteiger partial charge is 0.226 e. The first-order valence-electron chi connectivity index (χ1n) is 8.59. The van der Waals surface area contributed by atoms with Crippen LogP contribution in [-0.2, 0) is 9.59 Å². The Hall–Kier alpha value is -2.69. The number of hydrogen-bond acceptors (Lipinski definition) is 3. The number of likely N-dealkylation sites (tertiary alicyclic amines) is 1. The first kappa shape index (κ1) is 17.1. The van der Waals surface area contributed by atoms with Crippen molar-refractivity contribution in [2.75, 3.05) is 7.05 Å². The Morgan fingerprint density at radius 3 is 2.56 bits per heavy atom. The van der Waals surface area contributed by atoms with Crippen LogP contribution in [0.2, 0.25) is 0 Å². The zero-order valence-corrected chi connectivity index (χ0v) is 14.6. The quantitative estimate of drug-likeness (QED) is 0.933. The predicted molar refractivity (Wildman–Crippen MR) is 95.5 cm³/mol. The fourth-order valence-corrected chi connectivity index (χ4v) is 3.47. The number of rotatable bonds is 4. The van der Waals surface area contributed by atoms with Crippen LogP contribution >= 0.6 is 0 Å². The van der Waals surface area contributed by atoms with Gasteiger partial charge in [0.1, 0.15) is 0 Å². The topological polar surface area (TPSA) is 62.3 Å². The minimum absolute atomic E-state index is 0.0162. The van der Waals surface area contributed by atoms with Gasteiger partial charge < -0.3 is 10.2 Å². The lowest BCUT2D eigenvalue weighted by atomic mass is 9.83. The number of piperidine rings is 1. The maximum absolute atomic E-state index is 13.0. The fourth-order valence-electron chi connectivity index (χ4n) is 3.47. The van der Waals surface area contributed by atoms with Gasteiger partial charge in [-0.2, -0.15) is 0 Å². The third-order valence-corrected chi connectivity index (χ3v) is 4.90. The molecule has 1 aromatic carbocycles. The summed E-state index contributed by atoms with van der Waals surface area (Å²) in [5, 5.41) is 3.10. The molecule has 2 heterocycles. The fraction of sp³-hybridized carbons (Fsp3) is 0.350. The highest BCUT2D eigenvalue weighted by Crippen LogP contribution is 2.36. The molecule has 3 atom stereocenters. The first-order chi connectivity index (χ1) is 12.1. The average molecular weight is 337 g/mol. The molecule has 1 saturated heterocycles. The van der Waals surface area contributed by atoms with E-state index in [2.05, 4.69) is 10.3 Å². The lowest BCUT2D eigenvalue weighted by Gasteiger charge is -2.39. The molecule has 1 N–H and O–H groups in total. The van der Waals surface area contributed by atoms with E-state index in [-0.39, 0.29) is 29.8 Å². The minimum atomic E-state index is -0.255. The van der Waals surface area contributed by atoms with E-state index >= 15 is 0 Å². The standard InChI is InChI=1S/C20H23N3O2/c1-14(15-10-12-21-13-11-15)22-20(25)17-8-9-18(24)23(2)19(17)16-6-4-3-5-7-16/h3-7,10-14,17,19H,8-9H2,1-2H3,(H,22,25)/t14-,17+,19-/m0/s1. The Morgan fingerprint density at radius 2 is 1.88 bits per heavy atom. The van der Waals surface area contributed by atoms with Gasteiger partial charge in [-0.25, -0.2) is 0 Å². The third-order valence-electron chi connectivity index (χ3n) is 4.90.